The summed E-state index contributed by atoms with van der Waals surface area (Å²) in [6.07, 6.45) is 0. The summed E-state index contributed by atoms with van der Waals surface area (Å²) < 4.78 is 15.5. The molecule has 1 aliphatic heterocycles. The van der Waals surface area contributed by atoms with Crippen molar-refractivity contribution in [3.05, 3.63) is 0 Å². The predicted molar refractivity (Wildman–Crippen MR) is 48.4 cm³/mol. The minimum absolute atomic E-state index is 1.49. The summed E-state index contributed by atoms with van der Waals surface area (Å²) in [7, 11) is -8.59. The minimum atomic E-state index is -3.11. The first-order valence-corrected chi connectivity index (χ1v) is 11.0. The van der Waals surface area contributed by atoms with Gasteiger partial charge in [-0.2, -0.15) is 0 Å². The van der Waals surface area contributed by atoms with Crippen LogP contribution in [0.25, 0.3) is 0 Å². The highest BCUT2D eigenvalue weighted by molar-refractivity contribution is 6.88. The number of hydrogen-bond acceptors (Lipinski definition) is 5. The third-order valence-corrected chi connectivity index (χ3v) is 11.2. The first-order chi connectivity index (χ1) is 5.12. The smallest absolute Gasteiger partial charge is 0.394 e. The van der Waals surface area contributed by atoms with Crippen LogP contribution in [0.3, 0.4) is 0 Å². The standard InChI is InChI=1S/C4H14O5Si3/c1-10(2)7-11(3,5)9-12(4,6)8-10/h5-6H,1-4H3. The maximum Gasteiger partial charge on any atom is 0.478 e. The lowest BCUT2D eigenvalue weighted by Gasteiger charge is -2.42. The van der Waals surface area contributed by atoms with Gasteiger partial charge >= 0.3 is 26.2 Å². The topological polar surface area (TPSA) is 68.2 Å². The van der Waals surface area contributed by atoms with E-state index in [9.17, 15) is 9.59 Å². The molecule has 0 radical (unpaired) electrons. The fourth-order valence-electron chi connectivity index (χ4n) is 1.33. The monoisotopic (exact) mass is 226 g/mol. The summed E-state index contributed by atoms with van der Waals surface area (Å²) in [6, 6.07) is 0. The molecule has 0 aromatic heterocycles. The molecule has 2 unspecified atom stereocenters. The Morgan fingerprint density at radius 2 is 1.08 bits per heavy atom. The van der Waals surface area contributed by atoms with Crippen LogP contribution in [-0.2, 0) is 12.3 Å². The van der Waals surface area contributed by atoms with Crippen LogP contribution in [0.4, 0.5) is 0 Å². The van der Waals surface area contributed by atoms with Gasteiger partial charge in [-0.25, -0.2) is 0 Å². The molecule has 12 heavy (non-hydrogen) atoms. The second-order valence-corrected chi connectivity index (χ2v) is 12.3. The summed E-state index contributed by atoms with van der Waals surface area (Å²) in [5.74, 6) is 0. The Labute approximate surface area is 74.9 Å². The quantitative estimate of drug-likeness (QED) is 0.563. The van der Waals surface area contributed by atoms with E-state index in [2.05, 4.69) is 0 Å². The van der Waals surface area contributed by atoms with Gasteiger partial charge in [0.1, 0.15) is 0 Å². The SMILES string of the molecule is C[Si]1(C)O[Si](C)(O)O[Si](C)(O)O1. The highest BCUT2D eigenvalue weighted by Crippen LogP contribution is 2.26. The molecule has 0 amide bonds. The van der Waals surface area contributed by atoms with Crippen LogP contribution in [0.2, 0.25) is 26.2 Å². The molecule has 2 N–H and O–H groups in total. The highest BCUT2D eigenvalue weighted by Gasteiger charge is 2.55. The average Bonchev–Trinajstić information content (AvgIpc) is 1.44. The van der Waals surface area contributed by atoms with Gasteiger partial charge in [-0.3, -0.25) is 0 Å². The normalized spacial score (nSPS) is 47.5. The van der Waals surface area contributed by atoms with Crippen molar-refractivity contribution in [1.82, 2.24) is 0 Å². The molecule has 0 aromatic rings. The molecule has 0 saturated carbocycles. The Hall–Kier alpha value is 0.451. The van der Waals surface area contributed by atoms with Crippen LogP contribution in [0, 0.1) is 0 Å². The second kappa shape index (κ2) is 2.72. The van der Waals surface area contributed by atoms with E-state index in [1.807, 2.05) is 0 Å². The Balaban J connectivity index is 2.81. The Bertz CT molecular complexity index is 146. The number of rotatable bonds is 0. The maximum atomic E-state index is 9.57. The molecule has 2 atom stereocenters. The van der Waals surface area contributed by atoms with E-state index >= 15 is 0 Å². The first-order valence-electron chi connectivity index (χ1n) is 3.67. The van der Waals surface area contributed by atoms with E-state index in [1.54, 1.807) is 13.1 Å². The molecule has 1 aliphatic rings. The van der Waals surface area contributed by atoms with Crippen molar-refractivity contribution in [2.75, 3.05) is 0 Å². The molecule has 5 nitrogen and oxygen atoms in total. The molecular weight excluding hydrogens is 212 g/mol. The minimum Gasteiger partial charge on any atom is -0.394 e. The van der Waals surface area contributed by atoms with Crippen LogP contribution in [0.15, 0.2) is 0 Å². The molecule has 0 aliphatic carbocycles. The van der Waals surface area contributed by atoms with E-state index in [0.717, 1.165) is 0 Å². The summed E-state index contributed by atoms with van der Waals surface area (Å²) >= 11 is 0. The van der Waals surface area contributed by atoms with Gasteiger partial charge in [-0.05, 0) is 13.1 Å². The van der Waals surface area contributed by atoms with E-state index in [1.165, 1.54) is 13.1 Å². The Morgan fingerprint density at radius 3 is 1.33 bits per heavy atom. The molecule has 1 fully saturated rings. The second-order valence-electron chi connectivity index (χ2n) is 3.50. The summed E-state index contributed by atoms with van der Waals surface area (Å²) in [5, 5.41) is 0. The molecule has 1 rings (SSSR count). The van der Waals surface area contributed by atoms with Gasteiger partial charge in [-0.1, -0.05) is 0 Å². The van der Waals surface area contributed by atoms with Crippen molar-refractivity contribution in [2.45, 2.75) is 26.2 Å². The van der Waals surface area contributed by atoms with Crippen molar-refractivity contribution < 1.29 is 21.9 Å². The van der Waals surface area contributed by atoms with Gasteiger partial charge in [-0.15, -0.1) is 0 Å². The van der Waals surface area contributed by atoms with E-state index in [0.29, 0.717) is 0 Å². The van der Waals surface area contributed by atoms with E-state index < -0.39 is 26.2 Å². The van der Waals surface area contributed by atoms with Gasteiger partial charge in [0.2, 0.25) is 0 Å². The zero-order chi connectivity index (χ0) is 9.62. The fraction of sp³-hybridized carbons (Fsp3) is 1.00. The van der Waals surface area contributed by atoms with Crippen molar-refractivity contribution >= 4 is 26.2 Å². The third kappa shape index (κ3) is 2.74. The fourth-order valence-corrected chi connectivity index (χ4v) is 13.1. The lowest BCUT2D eigenvalue weighted by atomic mass is 11.9. The molecule has 1 saturated heterocycles. The molecule has 8 heteroatoms. The summed E-state index contributed by atoms with van der Waals surface area (Å²) in [6.45, 7) is 6.54. The van der Waals surface area contributed by atoms with Crippen LogP contribution in [0.1, 0.15) is 0 Å². The van der Waals surface area contributed by atoms with Gasteiger partial charge in [0, 0.05) is 13.1 Å². The molecule has 0 spiro atoms. The van der Waals surface area contributed by atoms with Gasteiger partial charge in [0.05, 0.1) is 0 Å². The van der Waals surface area contributed by atoms with E-state index in [4.69, 9.17) is 12.3 Å². The largest absolute Gasteiger partial charge is 0.478 e. The average molecular weight is 226 g/mol. The lowest BCUT2D eigenvalue weighted by molar-refractivity contribution is 0.117. The van der Waals surface area contributed by atoms with Gasteiger partial charge < -0.3 is 21.9 Å². The molecule has 1 heterocycles. The van der Waals surface area contributed by atoms with Crippen LogP contribution < -0.4 is 0 Å². The van der Waals surface area contributed by atoms with Crippen LogP contribution in [-0.4, -0.2) is 35.8 Å². The van der Waals surface area contributed by atoms with Crippen LogP contribution >= 0.6 is 0 Å². The zero-order valence-electron chi connectivity index (χ0n) is 7.62. The van der Waals surface area contributed by atoms with E-state index in [-0.39, 0.29) is 0 Å². The molecule has 0 aromatic carbocycles. The van der Waals surface area contributed by atoms with Gasteiger partial charge in [0.25, 0.3) is 0 Å². The lowest BCUT2D eigenvalue weighted by Crippen LogP contribution is -2.66. The maximum absolute atomic E-state index is 9.57. The van der Waals surface area contributed by atoms with Crippen molar-refractivity contribution in [2.24, 2.45) is 0 Å². The zero-order valence-corrected chi connectivity index (χ0v) is 10.6. The molecule has 72 valence electrons. The highest BCUT2D eigenvalue weighted by atomic mass is 28.5. The molecule has 0 bridgehead atoms. The third-order valence-electron chi connectivity index (χ3n) is 1.25. The Morgan fingerprint density at radius 1 is 0.750 bits per heavy atom. The predicted octanol–water partition coefficient (Wildman–Crippen LogP) is -0.126. The Kier molecular flexibility index (Phi) is 2.39. The first kappa shape index (κ1) is 10.5. The van der Waals surface area contributed by atoms with Crippen molar-refractivity contribution in [3.8, 4) is 0 Å². The summed E-state index contributed by atoms with van der Waals surface area (Å²) in [5.41, 5.74) is 0. The molecular formula is C4H14O5Si3. The van der Waals surface area contributed by atoms with Gasteiger partial charge in [0.15, 0.2) is 0 Å². The van der Waals surface area contributed by atoms with Crippen molar-refractivity contribution in [3.63, 3.8) is 0 Å². The van der Waals surface area contributed by atoms with Crippen LogP contribution in [0.5, 0.6) is 0 Å². The summed E-state index contributed by atoms with van der Waals surface area (Å²) in [4.78, 5) is 19.1. The number of hydrogen-bond donors (Lipinski definition) is 2. The van der Waals surface area contributed by atoms with Crippen molar-refractivity contribution in [1.29, 1.82) is 0 Å².